The quantitative estimate of drug-likeness (QED) is 0.794. The molecule has 2 aliphatic heterocycles. The van der Waals surface area contributed by atoms with Gasteiger partial charge in [0.1, 0.15) is 12.2 Å². The minimum absolute atomic E-state index is 0. The molecule has 2 heterocycles. The number of nitrogens with zero attached hydrogens (tertiary/aromatic N) is 1. The molecule has 1 N–H and O–H groups in total. The first-order valence-electron chi connectivity index (χ1n) is 9.38. The van der Waals surface area contributed by atoms with Gasteiger partial charge in [-0.2, -0.15) is 0 Å². The average molecular weight is 339 g/mol. The van der Waals surface area contributed by atoms with Gasteiger partial charge in [0, 0.05) is 27.1 Å². The molecule has 23 heavy (non-hydrogen) atoms. The van der Waals surface area contributed by atoms with Crippen molar-refractivity contribution in [1.29, 1.82) is 0 Å². The summed E-state index contributed by atoms with van der Waals surface area (Å²) in [6.45, 7) is -1.63. The first-order chi connectivity index (χ1) is 11.9. The minimum atomic E-state index is -2.11. The number of likely N-dealkylation sites (tertiary alicyclic amines) is 1. The molecular formula is C18H22ClNO3. The van der Waals surface area contributed by atoms with Crippen molar-refractivity contribution >= 4 is 12.4 Å². The predicted molar refractivity (Wildman–Crippen MR) is 89.7 cm³/mol. The average Bonchev–Trinajstić information content (AvgIpc) is 2.89. The number of likely N-dealkylation sites (N-methyl/N-ethyl adjacent to an activating group) is 1. The standard InChI is InChI=1S/C18H21NO3.ClH/c1-19-8-7-18-11-4-5-13(20)17(18)22-16-14(21-2)6-3-10(15(16)18)9-12(11)19;/h3-6,11-13,17,20H,7-9H2,1-2H3;1H/t11-,12+,13-,17-,18-;/m0./s1/i1D3;. The highest BCUT2D eigenvalue weighted by Crippen LogP contribution is 2.62. The summed E-state index contributed by atoms with van der Waals surface area (Å²) in [7, 11) is 1.62. The second-order valence-corrected chi connectivity index (χ2v) is 6.83. The van der Waals surface area contributed by atoms with Crippen LogP contribution in [0.4, 0.5) is 0 Å². The molecule has 2 bridgehead atoms. The van der Waals surface area contributed by atoms with Gasteiger partial charge in [-0.05, 0) is 38.0 Å². The molecule has 0 amide bonds. The molecule has 5 heteroatoms. The van der Waals surface area contributed by atoms with E-state index in [4.69, 9.17) is 13.6 Å². The zero-order valence-electron chi connectivity index (χ0n) is 15.9. The highest BCUT2D eigenvalue weighted by atomic mass is 35.5. The number of methoxy groups -OCH3 is 1. The van der Waals surface area contributed by atoms with Gasteiger partial charge in [-0.25, -0.2) is 0 Å². The fourth-order valence-corrected chi connectivity index (χ4v) is 5.21. The molecular weight excluding hydrogens is 314 g/mol. The maximum absolute atomic E-state index is 10.6. The van der Waals surface area contributed by atoms with Crippen molar-refractivity contribution < 1.29 is 18.7 Å². The van der Waals surface area contributed by atoms with Crippen LogP contribution in [0.15, 0.2) is 24.3 Å². The molecule has 4 nitrogen and oxygen atoms in total. The Morgan fingerprint density at radius 1 is 1.43 bits per heavy atom. The van der Waals surface area contributed by atoms with Crippen LogP contribution in [0.25, 0.3) is 0 Å². The topological polar surface area (TPSA) is 41.9 Å². The van der Waals surface area contributed by atoms with E-state index in [0.717, 1.165) is 16.9 Å². The molecule has 0 unspecified atom stereocenters. The van der Waals surface area contributed by atoms with Gasteiger partial charge in [-0.15, -0.1) is 12.4 Å². The minimum Gasteiger partial charge on any atom is -0.493 e. The molecule has 2 aliphatic carbocycles. The van der Waals surface area contributed by atoms with E-state index >= 15 is 0 Å². The lowest BCUT2D eigenvalue weighted by Gasteiger charge is -2.56. The van der Waals surface area contributed by atoms with Crippen molar-refractivity contribution in [2.45, 2.75) is 36.5 Å². The molecule has 0 saturated carbocycles. The summed E-state index contributed by atoms with van der Waals surface area (Å²) in [4.78, 5) is 1.66. The Bertz CT molecular complexity index is 784. The molecule has 124 valence electrons. The summed E-state index contributed by atoms with van der Waals surface area (Å²) in [5.74, 6) is 1.44. The largest absolute Gasteiger partial charge is 0.493 e. The summed E-state index contributed by atoms with van der Waals surface area (Å²) in [5.41, 5.74) is 1.89. The van der Waals surface area contributed by atoms with E-state index in [9.17, 15) is 5.11 Å². The molecule has 5 rings (SSSR count). The van der Waals surface area contributed by atoms with E-state index in [-0.39, 0.29) is 35.9 Å². The Hall–Kier alpha value is -1.23. The molecule has 1 aromatic rings. The van der Waals surface area contributed by atoms with Crippen molar-refractivity contribution in [1.82, 2.24) is 4.90 Å². The van der Waals surface area contributed by atoms with Crippen LogP contribution in [0.1, 0.15) is 21.7 Å². The van der Waals surface area contributed by atoms with Crippen LogP contribution in [0.3, 0.4) is 0 Å². The molecule has 0 aromatic heterocycles. The SMILES string of the molecule is Cl.[2H]C([2H])([2H])N1CC[C@]23c4c5ccc(OC)c4O[C@H]2[C@@H](O)C=C[C@H]3[C@H]1C5. The van der Waals surface area contributed by atoms with Gasteiger partial charge in [0.2, 0.25) is 0 Å². The number of rotatable bonds is 1. The Balaban J connectivity index is 0.00000168. The van der Waals surface area contributed by atoms with Gasteiger partial charge in [0.15, 0.2) is 11.5 Å². The first kappa shape index (κ1) is 12.2. The molecule has 1 saturated heterocycles. The molecule has 5 atom stereocenters. The van der Waals surface area contributed by atoms with Crippen molar-refractivity contribution in [2.75, 3.05) is 20.6 Å². The number of aliphatic hydroxyl groups is 1. The second-order valence-electron chi connectivity index (χ2n) is 6.83. The first-order valence-corrected chi connectivity index (χ1v) is 7.88. The van der Waals surface area contributed by atoms with Crippen LogP contribution < -0.4 is 9.47 Å². The molecule has 4 aliphatic rings. The lowest BCUT2D eigenvalue weighted by atomic mass is 9.53. The van der Waals surface area contributed by atoms with Gasteiger partial charge >= 0.3 is 0 Å². The van der Waals surface area contributed by atoms with E-state index in [1.54, 1.807) is 18.1 Å². The predicted octanol–water partition coefficient (Wildman–Crippen LogP) is 1.92. The molecule has 1 spiro atoms. The van der Waals surface area contributed by atoms with Crippen LogP contribution in [-0.2, 0) is 11.8 Å². The van der Waals surface area contributed by atoms with Crippen LogP contribution in [0.5, 0.6) is 11.5 Å². The Kier molecular flexibility index (Phi) is 2.59. The van der Waals surface area contributed by atoms with Gasteiger partial charge in [0.25, 0.3) is 0 Å². The molecule has 1 aromatic carbocycles. The number of benzene rings is 1. The third-order valence-electron chi connectivity index (χ3n) is 6.08. The lowest BCUT2D eigenvalue weighted by molar-refractivity contribution is -0.0453. The number of ether oxygens (including phenoxy) is 2. The van der Waals surface area contributed by atoms with E-state index in [0.29, 0.717) is 25.1 Å². The van der Waals surface area contributed by atoms with E-state index in [2.05, 4.69) is 0 Å². The highest BCUT2D eigenvalue weighted by molar-refractivity contribution is 5.85. The summed E-state index contributed by atoms with van der Waals surface area (Å²) >= 11 is 0. The Morgan fingerprint density at radius 3 is 3.09 bits per heavy atom. The van der Waals surface area contributed by atoms with Gasteiger partial charge in [-0.3, -0.25) is 0 Å². The smallest absolute Gasteiger partial charge is 0.165 e. The van der Waals surface area contributed by atoms with Crippen LogP contribution >= 0.6 is 12.4 Å². The van der Waals surface area contributed by atoms with E-state index < -0.39 is 13.1 Å². The Labute approximate surface area is 146 Å². The monoisotopic (exact) mass is 338 g/mol. The van der Waals surface area contributed by atoms with E-state index in [1.165, 1.54) is 0 Å². The number of hydrogen-bond acceptors (Lipinski definition) is 4. The third kappa shape index (κ3) is 1.64. The summed E-state index contributed by atoms with van der Waals surface area (Å²) in [5, 5.41) is 10.6. The fourth-order valence-electron chi connectivity index (χ4n) is 5.21. The van der Waals surface area contributed by atoms with Gasteiger partial charge < -0.3 is 19.5 Å². The third-order valence-corrected chi connectivity index (χ3v) is 6.08. The highest BCUT2D eigenvalue weighted by Gasteiger charge is 2.64. The molecule has 0 radical (unpaired) electrons. The number of aliphatic hydroxyl groups excluding tert-OH is 1. The lowest BCUT2D eigenvalue weighted by Crippen LogP contribution is -2.64. The zero-order chi connectivity index (χ0) is 17.6. The van der Waals surface area contributed by atoms with Gasteiger partial charge in [-0.1, -0.05) is 18.2 Å². The summed E-state index contributed by atoms with van der Waals surface area (Å²) < 4.78 is 35.6. The van der Waals surface area contributed by atoms with Crippen molar-refractivity contribution in [2.24, 2.45) is 5.92 Å². The normalized spacial score (nSPS) is 41.7. The van der Waals surface area contributed by atoms with Crippen molar-refractivity contribution in [3.63, 3.8) is 0 Å². The van der Waals surface area contributed by atoms with Crippen LogP contribution in [0, 0.1) is 5.92 Å². The second kappa shape index (κ2) is 4.88. The summed E-state index contributed by atoms with van der Waals surface area (Å²) in [6, 6.07) is 3.81. The van der Waals surface area contributed by atoms with Crippen molar-refractivity contribution in [3.05, 3.63) is 35.4 Å². The van der Waals surface area contributed by atoms with Crippen LogP contribution in [-0.4, -0.2) is 48.9 Å². The van der Waals surface area contributed by atoms with Crippen molar-refractivity contribution in [3.8, 4) is 11.5 Å². The zero-order valence-corrected chi connectivity index (χ0v) is 13.7. The summed E-state index contributed by atoms with van der Waals surface area (Å²) in [6.07, 6.45) is 4.05. The number of halogens is 1. The number of piperidine rings is 1. The maximum atomic E-state index is 10.6. The van der Waals surface area contributed by atoms with Crippen LogP contribution in [0.2, 0.25) is 0 Å². The Morgan fingerprint density at radius 2 is 2.30 bits per heavy atom. The van der Waals surface area contributed by atoms with Gasteiger partial charge in [0.05, 0.1) is 7.11 Å². The number of hydrogen-bond donors (Lipinski definition) is 1. The maximum Gasteiger partial charge on any atom is 0.165 e. The fraction of sp³-hybridized carbons (Fsp3) is 0.556. The molecule has 1 fully saturated rings. The van der Waals surface area contributed by atoms with E-state index in [1.807, 2.05) is 18.2 Å².